The molecule has 0 radical (unpaired) electrons. The average molecular weight is 448 g/mol. The molecule has 2 saturated heterocycles. The molecule has 2 aromatic rings. The fraction of sp³-hybridized carbons (Fsp3) is 0.500. The molecular weight excluding hydrogens is 410 g/mol. The molecule has 1 unspecified atom stereocenters. The van der Waals surface area contributed by atoms with Gasteiger partial charge in [-0.05, 0) is 69.3 Å². The van der Waals surface area contributed by atoms with E-state index < -0.39 is 0 Å². The minimum atomic E-state index is -0.218. The fourth-order valence-electron chi connectivity index (χ4n) is 5.10. The third kappa shape index (κ3) is 6.23. The summed E-state index contributed by atoms with van der Waals surface area (Å²) in [5.41, 5.74) is 3.22. The Labute approximate surface area is 198 Å². The molecule has 0 bridgehead atoms. The Morgan fingerprint density at radius 3 is 2.21 bits per heavy atom. The number of nitrogens with zero attached hydrogens (tertiary/aromatic N) is 2. The van der Waals surface area contributed by atoms with Gasteiger partial charge in [0.15, 0.2) is 0 Å². The first-order chi connectivity index (χ1) is 16.1. The van der Waals surface area contributed by atoms with E-state index >= 15 is 0 Å². The summed E-state index contributed by atoms with van der Waals surface area (Å²) < 4.78 is 0. The second kappa shape index (κ2) is 11.5. The van der Waals surface area contributed by atoms with Gasteiger partial charge in [0.2, 0.25) is 11.8 Å². The molecule has 0 spiro atoms. The van der Waals surface area contributed by atoms with Crippen LogP contribution in [-0.2, 0) is 16.0 Å². The number of likely N-dealkylation sites (tertiary alicyclic amines) is 2. The normalized spacial score (nSPS) is 19.0. The van der Waals surface area contributed by atoms with Gasteiger partial charge in [0.25, 0.3) is 0 Å². The third-order valence-electron chi connectivity index (χ3n) is 7.24. The molecule has 4 rings (SSSR count). The van der Waals surface area contributed by atoms with Crippen molar-refractivity contribution < 1.29 is 9.59 Å². The first-order valence-corrected chi connectivity index (χ1v) is 12.6. The van der Waals surface area contributed by atoms with Crippen LogP contribution in [0.25, 0.3) is 0 Å². The second-order valence-corrected chi connectivity index (χ2v) is 9.53. The van der Waals surface area contributed by atoms with E-state index in [0.717, 1.165) is 69.5 Å². The van der Waals surface area contributed by atoms with Crippen LogP contribution in [0.2, 0.25) is 0 Å². The smallest absolute Gasteiger partial charge is 0.241 e. The summed E-state index contributed by atoms with van der Waals surface area (Å²) in [5.74, 6) is 0.470. The van der Waals surface area contributed by atoms with Crippen LogP contribution < -0.4 is 5.32 Å². The van der Waals surface area contributed by atoms with Crippen LogP contribution in [0.4, 0.5) is 5.69 Å². The highest BCUT2D eigenvalue weighted by molar-refractivity contribution is 5.95. The van der Waals surface area contributed by atoms with Crippen LogP contribution in [0.3, 0.4) is 0 Å². The Balaban J connectivity index is 1.31. The third-order valence-corrected chi connectivity index (χ3v) is 7.24. The summed E-state index contributed by atoms with van der Waals surface area (Å²) in [6.45, 7) is 5.40. The largest absolute Gasteiger partial charge is 0.342 e. The number of hydrogen-bond donors (Lipinski definition) is 1. The van der Waals surface area contributed by atoms with E-state index in [-0.39, 0.29) is 17.9 Å². The molecule has 1 N–H and O–H groups in total. The van der Waals surface area contributed by atoms with Gasteiger partial charge in [-0.25, -0.2) is 0 Å². The van der Waals surface area contributed by atoms with Crippen molar-refractivity contribution in [2.45, 2.75) is 57.9 Å². The lowest BCUT2D eigenvalue weighted by atomic mass is 9.94. The molecule has 176 valence electrons. The first-order valence-electron chi connectivity index (χ1n) is 12.6. The van der Waals surface area contributed by atoms with Crippen molar-refractivity contribution in [1.82, 2.24) is 9.80 Å². The molecule has 0 saturated carbocycles. The zero-order chi connectivity index (χ0) is 23.0. The van der Waals surface area contributed by atoms with Crippen molar-refractivity contribution in [1.29, 1.82) is 0 Å². The molecule has 1 atom stereocenters. The van der Waals surface area contributed by atoms with E-state index in [2.05, 4.69) is 33.3 Å². The quantitative estimate of drug-likeness (QED) is 0.697. The van der Waals surface area contributed by atoms with E-state index in [4.69, 9.17) is 0 Å². The van der Waals surface area contributed by atoms with Gasteiger partial charge in [-0.15, -0.1) is 0 Å². The van der Waals surface area contributed by atoms with E-state index in [9.17, 15) is 9.59 Å². The molecule has 2 fully saturated rings. The minimum absolute atomic E-state index is 0.0211. The predicted octanol–water partition coefficient (Wildman–Crippen LogP) is 4.72. The molecule has 2 aromatic carbocycles. The lowest BCUT2D eigenvalue weighted by molar-refractivity contribution is -0.137. The number of carbonyl (C=O) groups is 2. The SMILES string of the molecule is CC(C(=O)Nc1ccccc1Cc1ccccc1)N1CCC(C(=O)N2CCCCCC2)CC1. The van der Waals surface area contributed by atoms with Crippen molar-refractivity contribution >= 4 is 17.5 Å². The van der Waals surface area contributed by atoms with Crippen molar-refractivity contribution in [2.24, 2.45) is 5.92 Å². The van der Waals surface area contributed by atoms with Crippen LogP contribution in [-0.4, -0.2) is 53.8 Å². The lowest BCUT2D eigenvalue weighted by Crippen LogP contribution is -2.48. The first kappa shape index (κ1) is 23.5. The summed E-state index contributed by atoms with van der Waals surface area (Å²) in [6, 6.07) is 18.1. The molecule has 5 heteroatoms. The summed E-state index contributed by atoms with van der Waals surface area (Å²) in [6.07, 6.45) is 7.22. The maximum Gasteiger partial charge on any atom is 0.241 e. The summed E-state index contributed by atoms with van der Waals surface area (Å²) in [5, 5.41) is 3.16. The molecule has 0 aromatic heterocycles. The highest BCUT2D eigenvalue weighted by Crippen LogP contribution is 2.24. The molecule has 5 nitrogen and oxygen atoms in total. The Bertz CT molecular complexity index is 914. The van der Waals surface area contributed by atoms with Gasteiger partial charge >= 0.3 is 0 Å². The lowest BCUT2D eigenvalue weighted by Gasteiger charge is -2.36. The number of carbonyl (C=O) groups excluding carboxylic acids is 2. The Hall–Kier alpha value is -2.66. The molecule has 2 heterocycles. The van der Waals surface area contributed by atoms with Gasteiger partial charge in [0.1, 0.15) is 0 Å². The van der Waals surface area contributed by atoms with Crippen molar-refractivity contribution in [3.8, 4) is 0 Å². The average Bonchev–Trinajstić information content (AvgIpc) is 3.15. The van der Waals surface area contributed by atoms with Crippen LogP contribution in [0, 0.1) is 5.92 Å². The summed E-state index contributed by atoms with van der Waals surface area (Å²) >= 11 is 0. The van der Waals surface area contributed by atoms with Crippen LogP contribution in [0.5, 0.6) is 0 Å². The van der Waals surface area contributed by atoms with Gasteiger partial charge in [-0.2, -0.15) is 0 Å². The Morgan fingerprint density at radius 2 is 1.52 bits per heavy atom. The topological polar surface area (TPSA) is 52.7 Å². The second-order valence-electron chi connectivity index (χ2n) is 9.53. The highest BCUT2D eigenvalue weighted by atomic mass is 16.2. The van der Waals surface area contributed by atoms with Gasteiger partial charge in [-0.3, -0.25) is 14.5 Å². The number of para-hydroxylation sites is 1. The number of nitrogens with one attached hydrogen (secondary N) is 1. The monoisotopic (exact) mass is 447 g/mol. The standard InChI is InChI=1S/C28H37N3O2/c1-22(30-19-15-24(16-20-30)28(33)31-17-9-2-3-10-18-31)27(32)29-26-14-8-7-13-25(26)21-23-11-5-4-6-12-23/h4-8,11-14,22,24H,2-3,9-10,15-21H2,1H3,(H,29,32). The minimum Gasteiger partial charge on any atom is -0.342 e. The van der Waals surface area contributed by atoms with Gasteiger partial charge < -0.3 is 10.2 Å². The van der Waals surface area contributed by atoms with Crippen molar-refractivity contribution in [3.63, 3.8) is 0 Å². The van der Waals surface area contributed by atoms with Crippen LogP contribution in [0.15, 0.2) is 54.6 Å². The number of amides is 2. The number of hydrogen-bond acceptors (Lipinski definition) is 3. The molecule has 33 heavy (non-hydrogen) atoms. The maximum absolute atomic E-state index is 13.1. The summed E-state index contributed by atoms with van der Waals surface area (Å²) in [4.78, 5) is 30.4. The number of piperidine rings is 1. The van der Waals surface area contributed by atoms with Gasteiger partial charge in [-0.1, -0.05) is 61.4 Å². The van der Waals surface area contributed by atoms with E-state index in [0.29, 0.717) is 5.91 Å². The zero-order valence-corrected chi connectivity index (χ0v) is 19.8. The van der Waals surface area contributed by atoms with Gasteiger partial charge in [0, 0.05) is 24.7 Å². The zero-order valence-electron chi connectivity index (χ0n) is 19.8. The summed E-state index contributed by atoms with van der Waals surface area (Å²) in [7, 11) is 0. The van der Waals surface area contributed by atoms with Crippen molar-refractivity contribution in [2.75, 3.05) is 31.5 Å². The van der Waals surface area contributed by atoms with Gasteiger partial charge in [0.05, 0.1) is 6.04 Å². The molecule has 2 aliphatic heterocycles. The fourth-order valence-corrected chi connectivity index (χ4v) is 5.10. The van der Waals surface area contributed by atoms with E-state index in [1.165, 1.54) is 18.4 Å². The number of rotatable bonds is 6. The molecule has 2 aliphatic rings. The molecule has 2 amide bonds. The maximum atomic E-state index is 13.1. The number of anilines is 1. The van der Waals surface area contributed by atoms with E-state index in [1.54, 1.807) is 0 Å². The van der Waals surface area contributed by atoms with Crippen molar-refractivity contribution in [3.05, 3.63) is 65.7 Å². The van der Waals surface area contributed by atoms with Crippen LogP contribution in [0.1, 0.15) is 56.6 Å². The molecular formula is C28H37N3O2. The van der Waals surface area contributed by atoms with E-state index in [1.807, 2.05) is 43.3 Å². The number of benzene rings is 2. The molecule has 0 aliphatic carbocycles. The Morgan fingerprint density at radius 1 is 0.879 bits per heavy atom. The Kier molecular flexibility index (Phi) is 8.16. The highest BCUT2D eigenvalue weighted by Gasteiger charge is 2.32. The predicted molar refractivity (Wildman–Crippen MR) is 133 cm³/mol. The van der Waals surface area contributed by atoms with Crippen LogP contribution >= 0.6 is 0 Å².